The number of methoxy groups -OCH3 is 2. The Morgan fingerprint density at radius 1 is 0.811 bits per heavy atom. The number of esters is 1. The molecule has 0 unspecified atom stereocenters. The maximum atomic E-state index is 12.5. The van der Waals surface area contributed by atoms with E-state index in [4.69, 9.17) is 49.5 Å². The number of hydrogen-bond acceptors (Lipinski definition) is 11. The molecule has 0 radical (unpaired) electrons. The Balaban J connectivity index is 1.65. The third-order valence-corrected chi connectivity index (χ3v) is 5.13. The first kappa shape index (κ1) is 28.2. The van der Waals surface area contributed by atoms with E-state index in [9.17, 15) is 14.4 Å². The zero-order valence-corrected chi connectivity index (χ0v) is 21.0. The predicted octanol–water partition coefficient (Wildman–Crippen LogP) is 2.21. The molecule has 0 aliphatic carbocycles. The van der Waals surface area contributed by atoms with Crippen LogP contribution in [-0.4, -0.2) is 78.6 Å². The van der Waals surface area contributed by atoms with Gasteiger partial charge >= 0.3 is 5.97 Å². The van der Waals surface area contributed by atoms with E-state index in [0.29, 0.717) is 19.8 Å². The van der Waals surface area contributed by atoms with E-state index < -0.39 is 24.4 Å². The lowest BCUT2D eigenvalue weighted by atomic mass is 10.1. The molecular formula is C24H26ClNO11. The number of halogens is 1. The number of ether oxygens (including phenoxy) is 8. The van der Waals surface area contributed by atoms with Gasteiger partial charge in [-0.1, -0.05) is 17.7 Å². The normalized spacial score (nSPS) is 12.2. The maximum Gasteiger partial charge on any atom is 0.349 e. The molecule has 1 aliphatic heterocycles. The van der Waals surface area contributed by atoms with Crippen LogP contribution in [0.25, 0.3) is 0 Å². The second-order valence-electron chi connectivity index (χ2n) is 7.26. The van der Waals surface area contributed by atoms with Gasteiger partial charge in [0, 0.05) is 14.2 Å². The highest BCUT2D eigenvalue weighted by Gasteiger charge is 2.30. The molecule has 0 aromatic heterocycles. The molecule has 2 amide bonds. The van der Waals surface area contributed by atoms with Crippen LogP contribution in [0.5, 0.6) is 23.0 Å². The molecular weight excluding hydrogens is 514 g/mol. The molecule has 2 aromatic rings. The van der Waals surface area contributed by atoms with Crippen LogP contribution in [0.15, 0.2) is 30.3 Å². The van der Waals surface area contributed by atoms with Crippen LogP contribution in [0.4, 0.5) is 0 Å². The van der Waals surface area contributed by atoms with Crippen molar-refractivity contribution in [3.05, 3.63) is 46.5 Å². The van der Waals surface area contributed by atoms with Crippen molar-refractivity contribution in [2.45, 2.75) is 0 Å². The van der Waals surface area contributed by atoms with Crippen molar-refractivity contribution in [3.63, 3.8) is 0 Å². The molecule has 1 aliphatic rings. The minimum absolute atomic E-state index is 0.0268. The Kier molecular flexibility index (Phi) is 10.9. The van der Waals surface area contributed by atoms with Gasteiger partial charge in [-0.15, -0.1) is 0 Å². The van der Waals surface area contributed by atoms with Crippen LogP contribution in [0.1, 0.15) is 20.7 Å². The number of carbonyl (C=O) groups is 3. The Labute approximate surface area is 217 Å². The summed E-state index contributed by atoms with van der Waals surface area (Å²) in [6.07, 6.45) is 0. The summed E-state index contributed by atoms with van der Waals surface area (Å²) < 4.78 is 42.4. The zero-order chi connectivity index (χ0) is 26.6. The van der Waals surface area contributed by atoms with Crippen molar-refractivity contribution in [2.24, 2.45) is 0 Å². The second kappa shape index (κ2) is 14.4. The van der Waals surface area contributed by atoms with E-state index in [1.165, 1.54) is 37.4 Å². The Morgan fingerprint density at radius 3 is 2.19 bits per heavy atom. The van der Waals surface area contributed by atoms with E-state index in [-0.39, 0.29) is 59.3 Å². The van der Waals surface area contributed by atoms with Crippen LogP contribution in [0, 0.1) is 0 Å². The van der Waals surface area contributed by atoms with Gasteiger partial charge in [-0.25, -0.2) is 4.79 Å². The summed E-state index contributed by atoms with van der Waals surface area (Å²) >= 11 is 6.44. The fourth-order valence-corrected chi connectivity index (χ4v) is 3.30. The zero-order valence-electron chi connectivity index (χ0n) is 20.2. The standard InChI is InChI=1S/C24H26ClNO11/c1-30-8-10-32-13-35-18-7-6-17(21(25)22(18)36-14-33-11-9-31-2)37-19(27)12-34-16-5-3-4-15-20(16)24(29)26-23(15)28/h3-7H,8-14H2,1-2H3,(H,26,28,29). The molecule has 0 fully saturated rings. The van der Waals surface area contributed by atoms with Gasteiger partial charge in [-0.05, 0) is 24.3 Å². The minimum atomic E-state index is -0.817. The topological polar surface area (TPSA) is 137 Å². The maximum absolute atomic E-state index is 12.5. The average Bonchev–Trinajstić information content (AvgIpc) is 3.19. The third-order valence-electron chi connectivity index (χ3n) is 4.77. The van der Waals surface area contributed by atoms with Gasteiger partial charge in [-0.2, -0.15) is 0 Å². The molecule has 12 nitrogen and oxygen atoms in total. The first-order valence-electron chi connectivity index (χ1n) is 11.0. The molecule has 0 spiro atoms. The second-order valence-corrected chi connectivity index (χ2v) is 7.63. The first-order valence-corrected chi connectivity index (χ1v) is 11.4. The molecule has 0 bridgehead atoms. The van der Waals surface area contributed by atoms with Gasteiger partial charge in [0.25, 0.3) is 11.8 Å². The van der Waals surface area contributed by atoms with Gasteiger partial charge in [0.1, 0.15) is 10.8 Å². The smallest absolute Gasteiger partial charge is 0.349 e. The number of amides is 2. The highest BCUT2D eigenvalue weighted by molar-refractivity contribution is 6.34. The lowest BCUT2D eigenvalue weighted by Crippen LogP contribution is -2.21. The third kappa shape index (κ3) is 7.78. The molecule has 0 saturated heterocycles. The molecule has 1 heterocycles. The summed E-state index contributed by atoms with van der Waals surface area (Å²) in [6, 6.07) is 7.38. The molecule has 0 atom stereocenters. The number of rotatable bonds is 16. The monoisotopic (exact) mass is 539 g/mol. The number of nitrogens with one attached hydrogen (secondary N) is 1. The molecule has 0 saturated carbocycles. The highest BCUT2D eigenvalue weighted by atomic mass is 35.5. The van der Waals surface area contributed by atoms with E-state index in [1.807, 2.05) is 0 Å². The van der Waals surface area contributed by atoms with Gasteiger partial charge in [0.2, 0.25) is 0 Å². The van der Waals surface area contributed by atoms with E-state index in [2.05, 4.69) is 5.32 Å². The van der Waals surface area contributed by atoms with Crippen molar-refractivity contribution in [2.75, 3.05) is 60.8 Å². The molecule has 3 rings (SSSR count). The van der Waals surface area contributed by atoms with E-state index in [1.54, 1.807) is 7.11 Å². The summed E-state index contributed by atoms with van der Waals surface area (Å²) in [6.45, 7) is 0.516. The average molecular weight is 540 g/mol. The van der Waals surface area contributed by atoms with Crippen molar-refractivity contribution >= 4 is 29.4 Å². The van der Waals surface area contributed by atoms with Crippen molar-refractivity contribution in [1.82, 2.24) is 5.32 Å². The predicted molar refractivity (Wildman–Crippen MR) is 127 cm³/mol. The largest absolute Gasteiger partial charge is 0.481 e. The van der Waals surface area contributed by atoms with Crippen LogP contribution >= 0.6 is 11.6 Å². The van der Waals surface area contributed by atoms with Gasteiger partial charge in [0.05, 0.1) is 37.6 Å². The summed E-state index contributed by atoms with van der Waals surface area (Å²) in [5, 5.41) is 2.12. The molecule has 2 aromatic carbocycles. The number of fused-ring (bicyclic) bond motifs is 1. The van der Waals surface area contributed by atoms with E-state index in [0.717, 1.165) is 0 Å². The SMILES string of the molecule is COCCOCOc1ccc(OC(=O)COc2cccc3c2C(=O)NC3=O)c(Cl)c1OCOCCOC. The van der Waals surface area contributed by atoms with Crippen LogP contribution in [0.3, 0.4) is 0 Å². The van der Waals surface area contributed by atoms with Crippen LogP contribution < -0.4 is 24.3 Å². The van der Waals surface area contributed by atoms with Crippen molar-refractivity contribution in [1.29, 1.82) is 0 Å². The fraction of sp³-hybridized carbons (Fsp3) is 0.375. The Morgan fingerprint density at radius 2 is 1.49 bits per heavy atom. The molecule has 200 valence electrons. The number of hydrogen-bond donors (Lipinski definition) is 1. The number of carbonyl (C=O) groups excluding carboxylic acids is 3. The summed E-state index contributed by atoms with van der Waals surface area (Å²) in [5.41, 5.74) is 0.215. The van der Waals surface area contributed by atoms with E-state index >= 15 is 0 Å². The van der Waals surface area contributed by atoms with Gasteiger partial charge in [-0.3, -0.25) is 14.9 Å². The molecule has 1 N–H and O–H groups in total. The minimum Gasteiger partial charge on any atom is -0.481 e. The molecule has 37 heavy (non-hydrogen) atoms. The first-order chi connectivity index (χ1) is 18.0. The van der Waals surface area contributed by atoms with Crippen LogP contribution in [0.2, 0.25) is 5.02 Å². The van der Waals surface area contributed by atoms with Gasteiger partial charge in [0.15, 0.2) is 37.4 Å². The number of imide groups is 1. The van der Waals surface area contributed by atoms with Crippen LogP contribution in [-0.2, 0) is 23.7 Å². The quantitative estimate of drug-likeness (QED) is 0.110. The fourth-order valence-electron chi connectivity index (χ4n) is 3.05. The Hall–Kier alpha value is -3.42. The van der Waals surface area contributed by atoms with Crippen molar-refractivity contribution in [3.8, 4) is 23.0 Å². The summed E-state index contributed by atoms with van der Waals surface area (Å²) in [4.78, 5) is 36.3. The molecule has 13 heteroatoms. The highest BCUT2D eigenvalue weighted by Crippen LogP contribution is 2.42. The Bertz CT molecular complexity index is 1110. The lowest BCUT2D eigenvalue weighted by molar-refractivity contribution is -0.136. The summed E-state index contributed by atoms with van der Waals surface area (Å²) in [7, 11) is 3.09. The lowest BCUT2D eigenvalue weighted by Gasteiger charge is -2.16. The summed E-state index contributed by atoms with van der Waals surface area (Å²) in [5.74, 6) is -1.63. The van der Waals surface area contributed by atoms with Gasteiger partial charge < -0.3 is 37.9 Å². The van der Waals surface area contributed by atoms with Crippen molar-refractivity contribution < 1.29 is 52.3 Å². The number of benzene rings is 2.